The molecule has 0 fully saturated rings. The second-order valence-corrected chi connectivity index (χ2v) is 7.39. The van der Waals surface area contributed by atoms with E-state index in [0.717, 1.165) is 6.07 Å². The maximum Gasteiger partial charge on any atom is 0.237 e. The van der Waals surface area contributed by atoms with E-state index in [1.165, 1.54) is 35.2 Å². The SMILES string of the molecule is C=CCNc1nnc(S[C@@H](C)C(=O)Nc2ccc(F)cc2Cl)s1. The smallest absolute Gasteiger partial charge is 0.237 e. The zero-order valence-electron chi connectivity index (χ0n) is 12.2. The summed E-state index contributed by atoms with van der Waals surface area (Å²) in [6, 6.07) is 3.81. The van der Waals surface area contributed by atoms with Crippen LogP contribution in [0.3, 0.4) is 0 Å². The number of halogens is 2. The molecule has 1 heterocycles. The molecule has 0 aliphatic rings. The molecule has 0 spiro atoms. The van der Waals surface area contributed by atoms with E-state index in [1.54, 1.807) is 13.0 Å². The number of anilines is 2. The van der Waals surface area contributed by atoms with Crippen LogP contribution >= 0.6 is 34.7 Å². The van der Waals surface area contributed by atoms with E-state index >= 15 is 0 Å². The predicted octanol–water partition coefficient (Wildman–Crippen LogP) is 4.05. The molecule has 0 bridgehead atoms. The van der Waals surface area contributed by atoms with Gasteiger partial charge in [0.25, 0.3) is 0 Å². The Balaban J connectivity index is 1.94. The minimum absolute atomic E-state index is 0.155. The molecular weight excluding hydrogens is 359 g/mol. The van der Waals surface area contributed by atoms with E-state index < -0.39 is 11.1 Å². The van der Waals surface area contributed by atoms with Crippen molar-refractivity contribution in [3.05, 3.63) is 41.7 Å². The number of nitrogens with one attached hydrogen (secondary N) is 2. The number of aromatic nitrogens is 2. The Labute approximate surface area is 146 Å². The lowest BCUT2D eigenvalue weighted by molar-refractivity contribution is -0.115. The third-order valence-corrected chi connectivity index (χ3v) is 5.02. The van der Waals surface area contributed by atoms with Gasteiger partial charge in [0.1, 0.15) is 5.82 Å². The van der Waals surface area contributed by atoms with Gasteiger partial charge in [0, 0.05) is 6.54 Å². The lowest BCUT2D eigenvalue weighted by Gasteiger charge is -2.11. The molecule has 1 aromatic heterocycles. The number of carbonyl (C=O) groups is 1. The first-order valence-electron chi connectivity index (χ1n) is 6.60. The van der Waals surface area contributed by atoms with Crippen molar-refractivity contribution in [1.29, 1.82) is 0 Å². The highest BCUT2D eigenvalue weighted by molar-refractivity contribution is 8.02. The third kappa shape index (κ3) is 5.19. The van der Waals surface area contributed by atoms with Crippen LogP contribution in [0, 0.1) is 5.82 Å². The molecule has 23 heavy (non-hydrogen) atoms. The van der Waals surface area contributed by atoms with E-state index in [-0.39, 0.29) is 10.9 Å². The molecule has 9 heteroatoms. The monoisotopic (exact) mass is 372 g/mol. The molecular formula is C14H14ClFN4OS2. The summed E-state index contributed by atoms with van der Waals surface area (Å²) in [5, 5.41) is 14.1. The molecule has 0 saturated heterocycles. The van der Waals surface area contributed by atoms with Crippen LogP contribution in [0.4, 0.5) is 15.2 Å². The van der Waals surface area contributed by atoms with Crippen LogP contribution in [-0.4, -0.2) is 27.9 Å². The predicted molar refractivity (Wildman–Crippen MR) is 94.0 cm³/mol. The van der Waals surface area contributed by atoms with Gasteiger partial charge in [-0.1, -0.05) is 40.8 Å². The fraction of sp³-hybridized carbons (Fsp3) is 0.214. The van der Waals surface area contributed by atoms with Crippen molar-refractivity contribution in [2.24, 2.45) is 0 Å². The third-order valence-electron chi connectivity index (χ3n) is 2.64. The summed E-state index contributed by atoms with van der Waals surface area (Å²) < 4.78 is 13.7. The van der Waals surface area contributed by atoms with Crippen LogP contribution in [0.5, 0.6) is 0 Å². The zero-order valence-corrected chi connectivity index (χ0v) is 14.6. The van der Waals surface area contributed by atoms with Crippen molar-refractivity contribution >= 4 is 51.4 Å². The first-order chi connectivity index (χ1) is 11.0. The van der Waals surface area contributed by atoms with E-state index in [9.17, 15) is 9.18 Å². The van der Waals surface area contributed by atoms with Crippen LogP contribution in [0.15, 0.2) is 35.2 Å². The molecule has 0 unspecified atom stereocenters. The van der Waals surface area contributed by atoms with E-state index in [2.05, 4.69) is 27.4 Å². The maximum atomic E-state index is 13.0. The van der Waals surface area contributed by atoms with Gasteiger partial charge in [-0.15, -0.1) is 16.8 Å². The van der Waals surface area contributed by atoms with Crippen LogP contribution in [0.1, 0.15) is 6.92 Å². The quantitative estimate of drug-likeness (QED) is 0.567. The second kappa shape index (κ2) is 8.28. The Morgan fingerprint density at radius 3 is 3.04 bits per heavy atom. The van der Waals surface area contributed by atoms with Crippen molar-refractivity contribution in [1.82, 2.24) is 10.2 Å². The van der Waals surface area contributed by atoms with Gasteiger partial charge in [-0.3, -0.25) is 4.79 Å². The van der Waals surface area contributed by atoms with E-state index in [0.29, 0.717) is 21.7 Å². The zero-order chi connectivity index (χ0) is 16.8. The van der Waals surface area contributed by atoms with Gasteiger partial charge in [0.05, 0.1) is 16.0 Å². The van der Waals surface area contributed by atoms with Crippen molar-refractivity contribution < 1.29 is 9.18 Å². The van der Waals surface area contributed by atoms with Crippen LogP contribution < -0.4 is 10.6 Å². The van der Waals surface area contributed by atoms with Crippen LogP contribution in [0.2, 0.25) is 5.02 Å². The summed E-state index contributed by atoms with van der Waals surface area (Å²) in [5.41, 5.74) is 0.371. The summed E-state index contributed by atoms with van der Waals surface area (Å²) in [6.07, 6.45) is 1.72. The molecule has 122 valence electrons. The number of carbonyl (C=O) groups excluding carboxylic acids is 1. The lowest BCUT2D eigenvalue weighted by atomic mass is 10.3. The highest BCUT2D eigenvalue weighted by Crippen LogP contribution is 2.30. The Morgan fingerprint density at radius 2 is 2.35 bits per heavy atom. The number of thioether (sulfide) groups is 1. The topological polar surface area (TPSA) is 66.9 Å². The molecule has 2 rings (SSSR count). The largest absolute Gasteiger partial charge is 0.357 e. The molecule has 2 aromatic rings. The number of rotatable bonds is 7. The highest BCUT2D eigenvalue weighted by atomic mass is 35.5. The second-order valence-electron chi connectivity index (χ2n) is 4.42. The minimum atomic E-state index is -0.455. The van der Waals surface area contributed by atoms with Crippen LogP contribution in [-0.2, 0) is 4.79 Å². The van der Waals surface area contributed by atoms with Gasteiger partial charge in [-0.05, 0) is 25.1 Å². The fourth-order valence-electron chi connectivity index (χ4n) is 1.52. The number of amides is 1. The van der Waals surface area contributed by atoms with Crippen molar-refractivity contribution in [2.75, 3.05) is 17.2 Å². The number of hydrogen-bond acceptors (Lipinski definition) is 6. The molecule has 1 amide bonds. The molecule has 5 nitrogen and oxygen atoms in total. The standard InChI is InChI=1S/C14H14ClFN4OS2/c1-3-6-17-13-19-20-14(23-13)22-8(2)12(21)18-11-5-4-9(16)7-10(11)15/h3-5,7-8H,1,6H2,2H3,(H,17,19)(H,18,21)/t8-/m0/s1. The highest BCUT2D eigenvalue weighted by Gasteiger charge is 2.18. The van der Waals surface area contributed by atoms with Gasteiger partial charge in [-0.2, -0.15) is 0 Å². The molecule has 1 atom stereocenters. The summed E-state index contributed by atoms with van der Waals surface area (Å²) in [6.45, 7) is 5.95. The van der Waals surface area contributed by atoms with Crippen molar-refractivity contribution in [3.63, 3.8) is 0 Å². The summed E-state index contributed by atoms with van der Waals surface area (Å²) in [5.74, 6) is -0.705. The lowest BCUT2D eigenvalue weighted by Crippen LogP contribution is -2.22. The number of nitrogens with zero attached hydrogens (tertiary/aromatic N) is 2. The molecule has 2 N–H and O–H groups in total. The van der Waals surface area contributed by atoms with Gasteiger partial charge in [0.2, 0.25) is 11.0 Å². The Morgan fingerprint density at radius 1 is 1.57 bits per heavy atom. The van der Waals surface area contributed by atoms with Gasteiger partial charge >= 0.3 is 0 Å². The Hall–Kier alpha value is -1.64. The van der Waals surface area contributed by atoms with Crippen molar-refractivity contribution in [3.8, 4) is 0 Å². The maximum absolute atomic E-state index is 13.0. The number of hydrogen-bond donors (Lipinski definition) is 2. The summed E-state index contributed by atoms with van der Waals surface area (Å²) in [7, 11) is 0. The fourth-order valence-corrected chi connectivity index (χ4v) is 3.64. The summed E-state index contributed by atoms with van der Waals surface area (Å²) >= 11 is 8.53. The average Bonchev–Trinajstić information content (AvgIpc) is 2.95. The number of benzene rings is 1. The average molecular weight is 373 g/mol. The van der Waals surface area contributed by atoms with Gasteiger partial charge < -0.3 is 10.6 Å². The van der Waals surface area contributed by atoms with E-state index in [1.807, 2.05) is 0 Å². The normalized spacial score (nSPS) is 11.8. The van der Waals surface area contributed by atoms with Gasteiger partial charge in [-0.25, -0.2) is 4.39 Å². The van der Waals surface area contributed by atoms with Crippen LogP contribution in [0.25, 0.3) is 0 Å². The summed E-state index contributed by atoms with van der Waals surface area (Å²) in [4.78, 5) is 12.2. The Kier molecular flexibility index (Phi) is 6.37. The van der Waals surface area contributed by atoms with E-state index in [4.69, 9.17) is 11.6 Å². The Bertz CT molecular complexity index is 710. The molecule has 0 saturated carbocycles. The van der Waals surface area contributed by atoms with Crippen molar-refractivity contribution in [2.45, 2.75) is 16.5 Å². The first kappa shape index (κ1) is 17.7. The first-order valence-corrected chi connectivity index (χ1v) is 8.68. The molecule has 0 aliphatic carbocycles. The minimum Gasteiger partial charge on any atom is -0.357 e. The van der Waals surface area contributed by atoms with Gasteiger partial charge in [0.15, 0.2) is 4.34 Å². The molecule has 0 radical (unpaired) electrons. The molecule has 0 aliphatic heterocycles. The molecule has 1 aromatic carbocycles.